The highest BCUT2D eigenvalue weighted by atomic mass is 127. The molecule has 0 bridgehead atoms. The molecule has 1 N–H and O–H groups in total. The first-order valence-electron chi connectivity index (χ1n) is 8.21. The van der Waals surface area contributed by atoms with Gasteiger partial charge >= 0.3 is 0 Å². The van der Waals surface area contributed by atoms with Gasteiger partial charge in [-0.3, -0.25) is 19.3 Å². The van der Waals surface area contributed by atoms with Crippen molar-refractivity contribution in [1.82, 2.24) is 4.90 Å². The number of thioether (sulfide) groups is 1. The van der Waals surface area contributed by atoms with Crippen molar-refractivity contribution in [2.75, 3.05) is 11.9 Å². The van der Waals surface area contributed by atoms with E-state index in [1.54, 1.807) is 12.1 Å². The van der Waals surface area contributed by atoms with Crippen LogP contribution in [0, 0.1) is 17.4 Å². The minimum Gasteiger partial charge on any atom is -0.325 e. The topological polar surface area (TPSA) is 66.5 Å². The molecule has 1 fully saturated rings. The molecule has 0 radical (unpaired) electrons. The summed E-state index contributed by atoms with van der Waals surface area (Å²) in [5.74, 6) is -0.852. The number of nitrogens with one attached hydrogen (secondary N) is 1. The zero-order valence-electron chi connectivity index (χ0n) is 14.8. The van der Waals surface area contributed by atoms with Gasteiger partial charge < -0.3 is 5.32 Å². The molecule has 1 saturated heterocycles. The molecule has 2 aromatic carbocycles. The van der Waals surface area contributed by atoms with Crippen LogP contribution in [0.25, 0.3) is 6.08 Å². The standard InChI is InChI=1S/C20H17IN2O3S/c1-12-3-8-16(9-13(12)2)22-18(24)11-23-19(25)17(27-20(23)26)10-14-4-6-15(21)7-5-14/h3-10H,11H2,1-2H3,(H,22,24)/b17-10-. The summed E-state index contributed by atoms with van der Waals surface area (Å²) in [6.45, 7) is 3.64. The van der Waals surface area contributed by atoms with E-state index in [4.69, 9.17) is 0 Å². The molecule has 1 aliphatic heterocycles. The Hall–Kier alpha value is -2.13. The highest BCUT2D eigenvalue weighted by molar-refractivity contribution is 14.1. The third-order valence-corrected chi connectivity index (χ3v) is 5.76. The molecule has 7 heteroatoms. The first-order chi connectivity index (χ1) is 12.8. The van der Waals surface area contributed by atoms with E-state index in [1.807, 2.05) is 50.2 Å². The van der Waals surface area contributed by atoms with Gasteiger partial charge in [0.05, 0.1) is 4.91 Å². The molecule has 0 aliphatic carbocycles. The zero-order chi connectivity index (χ0) is 19.6. The first kappa shape index (κ1) is 19.6. The predicted octanol–water partition coefficient (Wildman–Crippen LogP) is 4.58. The Kier molecular flexibility index (Phi) is 6.01. The van der Waals surface area contributed by atoms with Crippen molar-refractivity contribution < 1.29 is 14.4 Å². The Bertz CT molecular complexity index is 954. The van der Waals surface area contributed by atoms with E-state index in [0.29, 0.717) is 10.6 Å². The normalized spacial score (nSPS) is 15.5. The van der Waals surface area contributed by atoms with Gasteiger partial charge in [0.25, 0.3) is 11.1 Å². The second-order valence-electron chi connectivity index (χ2n) is 6.17. The molecule has 3 amide bonds. The number of carbonyl (C=O) groups is 3. The molecule has 0 atom stereocenters. The van der Waals surface area contributed by atoms with Crippen LogP contribution in [-0.2, 0) is 9.59 Å². The molecule has 3 rings (SSSR count). The van der Waals surface area contributed by atoms with E-state index < -0.39 is 17.1 Å². The van der Waals surface area contributed by atoms with E-state index >= 15 is 0 Å². The van der Waals surface area contributed by atoms with Gasteiger partial charge in [0, 0.05) is 9.26 Å². The molecule has 1 aliphatic rings. The number of rotatable bonds is 4. The van der Waals surface area contributed by atoms with Crippen LogP contribution in [0.3, 0.4) is 0 Å². The Balaban J connectivity index is 1.68. The first-order valence-corrected chi connectivity index (χ1v) is 10.1. The van der Waals surface area contributed by atoms with Gasteiger partial charge in [-0.25, -0.2) is 0 Å². The number of aryl methyl sites for hydroxylation is 2. The van der Waals surface area contributed by atoms with Crippen LogP contribution in [0.2, 0.25) is 0 Å². The van der Waals surface area contributed by atoms with Gasteiger partial charge in [-0.05, 0) is 95.2 Å². The number of benzene rings is 2. The molecule has 0 saturated carbocycles. The number of hydrogen-bond donors (Lipinski definition) is 1. The molecule has 138 valence electrons. The highest BCUT2D eigenvalue weighted by Crippen LogP contribution is 2.32. The fraction of sp³-hybridized carbons (Fsp3) is 0.150. The van der Waals surface area contributed by atoms with Crippen LogP contribution in [0.4, 0.5) is 10.5 Å². The second kappa shape index (κ2) is 8.26. The van der Waals surface area contributed by atoms with Gasteiger partial charge in [-0.1, -0.05) is 18.2 Å². The molecule has 0 aromatic heterocycles. The molecule has 0 spiro atoms. The second-order valence-corrected chi connectivity index (χ2v) is 8.41. The van der Waals surface area contributed by atoms with E-state index in [9.17, 15) is 14.4 Å². The number of carbonyl (C=O) groups excluding carboxylic acids is 3. The third kappa shape index (κ3) is 4.78. The van der Waals surface area contributed by atoms with Gasteiger partial charge in [-0.2, -0.15) is 0 Å². The molecule has 1 heterocycles. The van der Waals surface area contributed by atoms with Crippen molar-refractivity contribution in [1.29, 1.82) is 0 Å². The lowest BCUT2D eigenvalue weighted by molar-refractivity contribution is -0.127. The summed E-state index contributed by atoms with van der Waals surface area (Å²) in [7, 11) is 0. The van der Waals surface area contributed by atoms with E-state index in [-0.39, 0.29) is 6.54 Å². The lowest BCUT2D eigenvalue weighted by Gasteiger charge is -2.13. The fourth-order valence-electron chi connectivity index (χ4n) is 2.51. The van der Waals surface area contributed by atoms with Crippen molar-refractivity contribution in [3.63, 3.8) is 0 Å². The van der Waals surface area contributed by atoms with Crippen LogP contribution < -0.4 is 5.32 Å². The van der Waals surface area contributed by atoms with Crippen LogP contribution in [-0.4, -0.2) is 28.5 Å². The average molecular weight is 492 g/mol. The summed E-state index contributed by atoms with van der Waals surface area (Å²) >= 11 is 3.05. The number of halogens is 1. The monoisotopic (exact) mass is 492 g/mol. The molecular weight excluding hydrogens is 475 g/mol. The van der Waals surface area contributed by atoms with Crippen molar-refractivity contribution in [3.05, 3.63) is 67.6 Å². The van der Waals surface area contributed by atoms with Gasteiger partial charge in [0.2, 0.25) is 5.91 Å². The Morgan fingerprint density at radius 3 is 2.48 bits per heavy atom. The van der Waals surface area contributed by atoms with Crippen LogP contribution in [0.15, 0.2) is 47.4 Å². The lowest BCUT2D eigenvalue weighted by atomic mass is 10.1. The summed E-state index contributed by atoms with van der Waals surface area (Å²) in [6, 6.07) is 13.2. The van der Waals surface area contributed by atoms with E-state index in [2.05, 4.69) is 27.9 Å². The van der Waals surface area contributed by atoms with Crippen molar-refractivity contribution in [2.45, 2.75) is 13.8 Å². The van der Waals surface area contributed by atoms with Crippen molar-refractivity contribution in [2.24, 2.45) is 0 Å². The maximum Gasteiger partial charge on any atom is 0.294 e. The number of hydrogen-bond acceptors (Lipinski definition) is 4. The summed E-state index contributed by atoms with van der Waals surface area (Å²) < 4.78 is 1.08. The minimum atomic E-state index is -0.446. The number of imide groups is 1. The van der Waals surface area contributed by atoms with Crippen LogP contribution >= 0.6 is 34.4 Å². The van der Waals surface area contributed by atoms with Gasteiger partial charge in [0.1, 0.15) is 6.54 Å². The zero-order valence-corrected chi connectivity index (χ0v) is 17.8. The van der Waals surface area contributed by atoms with Crippen LogP contribution in [0.5, 0.6) is 0 Å². The summed E-state index contributed by atoms with van der Waals surface area (Å²) in [5.41, 5.74) is 3.66. The van der Waals surface area contributed by atoms with Crippen LogP contribution in [0.1, 0.15) is 16.7 Å². The SMILES string of the molecule is Cc1ccc(NC(=O)CN2C(=O)S/C(=C\c3ccc(I)cc3)C2=O)cc1C. The summed E-state index contributed by atoms with van der Waals surface area (Å²) in [5, 5.41) is 2.30. The largest absolute Gasteiger partial charge is 0.325 e. The molecule has 5 nitrogen and oxygen atoms in total. The Morgan fingerprint density at radius 1 is 1.11 bits per heavy atom. The van der Waals surface area contributed by atoms with Crippen molar-refractivity contribution >= 4 is 63.2 Å². The van der Waals surface area contributed by atoms with Gasteiger partial charge in [0.15, 0.2) is 0 Å². The maximum absolute atomic E-state index is 12.5. The number of anilines is 1. The number of nitrogens with zero attached hydrogens (tertiary/aromatic N) is 1. The average Bonchev–Trinajstić information content (AvgIpc) is 2.87. The minimum absolute atomic E-state index is 0.304. The maximum atomic E-state index is 12.5. The highest BCUT2D eigenvalue weighted by Gasteiger charge is 2.36. The Labute approximate surface area is 175 Å². The summed E-state index contributed by atoms with van der Waals surface area (Å²) in [4.78, 5) is 38.2. The summed E-state index contributed by atoms with van der Waals surface area (Å²) in [6.07, 6.45) is 1.67. The quantitative estimate of drug-likeness (QED) is 0.501. The third-order valence-electron chi connectivity index (χ3n) is 4.13. The lowest BCUT2D eigenvalue weighted by Crippen LogP contribution is -2.36. The molecule has 2 aromatic rings. The number of amides is 3. The molecule has 0 unspecified atom stereocenters. The molecular formula is C20H17IN2O3S. The smallest absolute Gasteiger partial charge is 0.294 e. The molecule has 27 heavy (non-hydrogen) atoms. The predicted molar refractivity (Wildman–Crippen MR) is 116 cm³/mol. The Morgan fingerprint density at radius 2 is 1.81 bits per heavy atom. The van der Waals surface area contributed by atoms with E-state index in [0.717, 1.165) is 36.9 Å². The van der Waals surface area contributed by atoms with Crippen molar-refractivity contribution in [3.8, 4) is 0 Å². The van der Waals surface area contributed by atoms with Gasteiger partial charge in [-0.15, -0.1) is 0 Å². The van der Waals surface area contributed by atoms with E-state index in [1.165, 1.54) is 0 Å². The fourth-order valence-corrected chi connectivity index (χ4v) is 3.71.